The molecule has 26 heavy (non-hydrogen) atoms. The van der Waals surface area contributed by atoms with Crippen LogP contribution in [0.3, 0.4) is 0 Å². The van der Waals surface area contributed by atoms with Crippen molar-refractivity contribution in [3.05, 3.63) is 50.6 Å². The summed E-state index contributed by atoms with van der Waals surface area (Å²) in [5.74, 6) is 0. The summed E-state index contributed by atoms with van der Waals surface area (Å²) < 4.78 is 21.8. The molecular formula is C19H32N2O5. The maximum atomic E-state index is 12.0. The largest absolute Gasteiger partial charge is 0.375 e. The van der Waals surface area contributed by atoms with Gasteiger partial charge in [0.2, 0.25) is 0 Å². The van der Waals surface area contributed by atoms with Crippen LogP contribution in [0.15, 0.2) is 50.6 Å². The van der Waals surface area contributed by atoms with Gasteiger partial charge in [-0.3, -0.25) is 0 Å². The SMILES string of the molecule is C=CCOCC(CNC(=O)NCC(COCC=C)OCC=C)OCC=C. The molecule has 0 aliphatic heterocycles. The van der Waals surface area contributed by atoms with Crippen molar-refractivity contribution in [3.8, 4) is 0 Å². The van der Waals surface area contributed by atoms with Crippen LogP contribution in [-0.2, 0) is 18.9 Å². The molecule has 0 radical (unpaired) electrons. The number of nitrogens with one attached hydrogen (secondary N) is 2. The minimum absolute atomic E-state index is 0.276. The van der Waals surface area contributed by atoms with Gasteiger partial charge in [0.05, 0.1) is 51.8 Å². The molecule has 2 atom stereocenters. The summed E-state index contributed by atoms with van der Waals surface area (Å²) in [6.07, 6.45) is 6.05. The first-order chi connectivity index (χ1) is 12.7. The second-order valence-corrected chi connectivity index (χ2v) is 5.23. The van der Waals surface area contributed by atoms with E-state index in [-0.39, 0.29) is 18.2 Å². The van der Waals surface area contributed by atoms with Gasteiger partial charge in [0.15, 0.2) is 0 Å². The molecule has 2 amide bonds. The highest BCUT2D eigenvalue weighted by Gasteiger charge is 2.13. The Morgan fingerprint density at radius 1 is 0.731 bits per heavy atom. The van der Waals surface area contributed by atoms with Crippen LogP contribution in [0.2, 0.25) is 0 Å². The van der Waals surface area contributed by atoms with Crippen molar-refractivity contribution in [2.24, 2.45) is 0 Å². The molecule has 0 heterocycles. The van der Waals surface area contributed by atoms with Gasteiger partial charge in [-0.2, -0.15) is 0 Å². The van der Waals surface area contributed by atoms with E-state index in [1.54, 1.807) is 24.3 Å². The third kappa shape index (κ3) is 14.4. The molecule has 0 aromatic heterocycles. The second kappa shape index (κ2) is 17.9. The van der Waals surface area contributed by atoms with E-state index in [1.807, 2.05) is 0 Å². The normalized spacial score (nSPS) is 12.6. The third-order valence-corrected chi connectivity index (χ3v) is 2.96. The Morgan fingerprint density at radius 2 is 1.12 bits per heavy atom. The van der Waals surface area contributed by atoms with Gasteiger partial charge in [-0.15, -0.1) is 26.3 Å². The number of amides is 2. The number of carbonyl (C=O) groups excluding carboxylic acids is 1. The standard InChI is InChI=1S/C19H32N2O5/c1-5-9-23-15-17(25-11-7-3)13-20-19(22)21-14-18(26-12-8-4)16-24-10-6-2/h5-8,17-18H,1-4,9-16H2,(H2,20,21,22). The fraction of sp³-hybridized carbons (Fsp3) is 0.526. The van der Waals surface area contributed by atoms with Crippen LogP contribution in [0.25, 0.3) is 0 Å². The van der Waals surface area contributed by atoms with E-state index in [1.165, 1.54) is 0 Å². The van der Waals surface area contributed by atoms with Crippen LogP contribution < -0.4 is 10.6 Å². The molecular weight excluding hydrogens is 336 g/mol. The van der Waals surface area contributed by atoms with Gasteiger partial charge in [0.25, 0.3) is 0 Å². The topological polar surface area (TPSA) is 78.1 Å². The monoisotopic (exact) mass is 368 g/mol. The van der Waals surface area contributed by atoms with Crippen molar-refractivity contribution in [2.45, 2.75) is 12.2 Å². The number of ether oxygens (including phenoxy) is 4. The lowest BCUT2D eigenvalue weighted by molar-refractivity contribution is 0.00182. The lowest BCUT2D eigenvalue weighted by Crippen LogP contribution is -2.45. The minimum atomic E-state index is -0.322. The van der Waals surface area contributed by atoms with Crippen LogP contribution in [-0.4, -0.2) is 71.0 Å². The van der Waals surface area contributed by atoms with Crippen LogP contribution in [0.5, 0.6) is 0 Å². The van der Waals surface area contributed by atoms with Gasteiger partial charge >= 0.3 is 6.03 Å². The molecule has 0 spiro atoms. The molecule has 0 saturated carbocycles. The zero-order valence-corrected chi connectivity index (χ0v) is 15.5. The van der Waals surface area contributed by atoms with E-state index in [0.29, 0.717) is 52.7 Å². The summed E-state index contributed by atoms with van der Waals surface area (Å²) in [5, 5.41) is 5.50. The Bertz CT molecular complexity index is 379. The van der Waals surface area contributed by atoms with E-state index in [4.69, 9.17) is 18.9 Å². The second-order valence-electron chi connectivity index (χ2n) is 5.23. The van der Waals surface area contributed by atoms with Crippen LogP contribution in [0, 0.1) is 0 Å². The highest BCUT2D eigenvalue weighted by Crippen LogP contribution is 1.95. The van der Waals surface area contributed by atoms with Gasteiger partial charge in [-0.25, -0.2) is 4.79 Å². The molecule has 0 fully saturated rings. The van der Waals surface area contributed by atoms with Crippen LogP contribution in [0.4, 0.5) is 4.79 Å². The number of rotatable bonds is 18. The van der Waals surface area contributed by atoms with Crippen LogP contribution >= 0.6 is 0 Å². The average molecular weight is 368 g/mol. The first-order valence-electron chi connectivity index (χ1n) is 8.51. The zero-order chi connectivity index (χ0) is 19.5. The van der Waals surface area contributed by atoms with Crippen molar-refractivity contribution in [1.29, 1.82) is 0 Å². The Kier molecular flexibility index (Phi) is 16.6. The predicted molar refractivity (Wildman–Crippen MR) is 103 cm³/mol. The van der Waals surface area contributed by atoms with Crippen LogP contribution in [0.1, 0.15) is 0 Å². The summed E-state index contributed by atoms with van der Waals surface area (Å²) in [7, 11) is 0. The molecule has 0 aliphatic carbocycles. The first kappa shape index (κ1) is 24.1. The number of urea groups is 1. The highest BCUT2D eigenvalue weighted by molar-refractivity contribution is 5.73. The molecule has 0 saturated heterocycles. The summed E-state index contributed by atoms with van der Waals surface area (Å²) in [6.45, 7) is 17.3. The lowest BCUT2D eigenvalue weighted by Gasteiger charge is -2.20. The summed E-state index contributed by atoms with van der Waals surface area (Å²) >= 11 is 0. The van der Waals surface area contributed by atoms with Crippen molar-refractivity contribution < 1.29 is 23.7 Å². The Morgan fingerprint density at radius 3 is 1.46 bits per heavy atom. The van der Waals surface area contributed by atoms with Crippen molar-refractivity contribution in [2.75, 3.05) is 52.7 Å². The molecule has 0 bridgehead atoms. The molecule has 2 unspecified atom stereocenters. The van der Waals surface area contributed by atoms with E-state index in [2.05, 4.69) is 36.9 Å². The molecule has 7 heteroatoms. The van der Waals surface area contributed by atoms with Gasteiger partial charge in [0.1, 0.15) is 0 Å². The minimum Gasteiger partial charge on any atom is -0.375 e. The predicted octanol–water partition coefficient (Wildman–Crippen LogP) is 1.83. The molecule has 148 valence electrons. The maximum absolute atomic E-state index is 12.0. The molecule has 0 rings (SSSR count). The molecule has 0 aromatic rings. The number of hydrogen-bond donors (Lipinski definition) is 2. The van der Waals surface area contributed by atoms with E-state index < -0.39 is 0 Å². The highest BCUT2D eigenvalue weighted by atomic mass is 16.5. The third-order valence-electron chi connectivity index (χ3n) is 2.96. The van der Waals surface area contributed by atoms with Crippen molar-refractivity contribution in [3.63, 3.8) is 0 Å². The van der Waals surface area contributed by atoms with Gasteiger partial charge in [-0.05, 0) is 0 Å². The van der Waals surface area contributed by atoms with E-state index in [0.717, 1.165) is 0 Å². The molecule has 7 nitrogen and oxygen atoms in total. The van der Waals surface area contributed by atoms with Gasteiger partial charge in [0, 0.05) is 13.1 Å². The van der Waals surface area contributed by atoms with Gasteiger partial charge in [-0.1, -0.05) is 24.3 Å². The zero-order valence-electron chi connectivity index (χ0n) is 15.5. The average Bonchev–Trinajstić information content (AvgIpc) is 2.65. The molecule has 0 aliphatic rings. The Labute approximate surface area is 156 Å². The number of hydrogen-bond acceptors (Lipinski definition) is 5. The Balaban J connectivity index is 4.21. The quantitative estimate of drug-likeness (QED) is 0.285. The van der Waals surface area contributed by atoms with Crippen molar-refractivity contribution >= 4 is 6.03 Å². The lowest BCUT2D eigenvalue weighted by atomic mass is 10.3. The first-order valence-corrected chi connectivity index (χ1v) is 8.51. The fourth-order valence-electron chi connectivity index (χ4n) is 1.78. The smallest absolute Gasteiger partial charge is 0.314 e. The summed E-state index contributed by atoms with van der Waals surface area (Å²) in [5.41, 5.74) is 0. The Hall–Kier alpha value is -1.93. The molecule has 0 aromatic carbocycles. The van der Waals surface area contributed by atoms with Crippen molar-refractivity contribution in [1.82, 2.24) is 10.6 Å². The van der Waals surface area contributed by atoms with E-state index in [9.17, 15) is 4.79 Å². The maximum Gasteiger partial charge on any atom is 0.314 e. The summed E-state index contributed by atoms with van der Waals surface area (Å²) in [6, 6.07) is -0.322. The van der Waals surface area contributed by atoms with E-state index >= 15 is 0 Å². The number of carbonyl (C=O) groups is 1. The van der Waals surface area contributed by atoms with Gasteiger partial charge < -0.3 is 29.6 Å². The summed E-state index contributed by atoms with van der Waals surface area (Å²) in [4.78, 5) is 12.0. The molecule has 2 N–H and O–H groups in total. The fourth-order valence-corrected chi connectivity index (χ4v) is 1.78.